The van der Waals surface area contributed by atoms with Gasteiger partial charge in [-0.1, -0.05) is 0 Å². The minimum atomic E-state index is -0.281. The van der Waals surface area contributed by atoms with E-state index in [9.17, 15) is 4.39 Å². The Labute approximate surface area is 73.8 Å². The number of halogens is 3. The van der Waals surface area contributed by atoms with Gasteiger partial charge in [-0.3, -0.25) is 0 Å². The zero-order valence-corrected chi connectivity index (χ0v) is 7.68. The summed E-state index contributed by atoms with van der Waals surface area (Å²) in [6, 6.07) is 0. The van der Waals surface area contributed by atoms with E-state index in [1.807, 2.05) is 11.9 Å². The lowest BCUT2D eigenvalue weighted by Gasteiger charge is -2.11. The molecule has 2 nitrogen and oxygen atoms in total. The minimum Gasteiger partial charge on any atom is -0.329 e. The number of nitrogens with two attached hydrogens (primary N) is 1. The Balaban J connectivity index is -0.000000245. The topological polar surface area (TPSA) is 29.3 Å². The van der Waals surface area contributed by atoms with Crippen molar-refractivity contribution in [2.24, 2.45) is 5.73 Å². The fourth-order valence-corrected chi connectivity index (χ4v) is 0.476. The molecule has 2 N–H and O–H groups in total. The monoisotopic (exact) mass is 192 g/mol. The second-order valence-corrected chi connectivity index (χ2v) is 1.78. The summed E-state index contributed by atoms with van der Waals surface area (Å²) >= 11 is 0. The first-order valence-corrected chi connectivity index (χ1v) is 2.76. The van der Waals surface area contributed by atoms with Crippen LogP contribution in [-0.4, -0.2) is 38.3 Å². The molecule has 66 valence electrons. The van der Waals surface area contributed by atoms with Crippen molar-refractivity contribution in [3.63, 3.8) is 0 Å². The molecule has 5 heteroatoms. The largest absolute Gasteiger partial charge is 0.329 e. The molecule has 0 radical (unpaired) electrons. The molecule has 0 aromatic carbocycles. The van der Waals surface area contributed by atoms with Crippen molar-refractivity contribution < 1.29 is 4.39 Å². The summed E-state index contributed by atoms with van der Waals surface area (Å²) in [5.41, 5.74) is 5.20. The highest BCUT2D eigenvalue weighted by molar-refractivity contribution is 5.85. The van der Waals surface area contributed by atoms with Crippen LogP contribution in [0.25, 0.3) is 0 Å². The lowest BCUT2D eigenvalue weighted by molar-refractivity contribution is 0.302. The Hall–Kier alpha value is 0.430. The van der Waals surface area contributed by atoms with Gasteiger partial charge >= 0.3 is 0 Å². The molecular formula is C5H15Cl2FN2. The average Bonchev–Trinajstić information content (AvgIpc) is 1.68. The zero-order valence-electron chi connectivity index (χ0n) is 6.05. The van der Waals surface area contributed by atoms with Gasteiger partial charge in [0.25, 0.3) is 0 Å². The predicted octanol–water partition coefficient (Wildman–Crippen LogP) is 0.690. The molecule has 0 atom stereocenters. The molecule has 0 aliphatic heterocycles. The van der Waals surface area contributed by atoms with E-state index in [4.69, 9.17) is 5.73 Å². The molecule has 0 spiro atoms. The van der Waals surface area contributed by atoms with Crippen LogP contribution >= 0.6 is 24.8 Å². The molecule has 0 heterocycles. The SMILES string of the molecule is CN(CCN)CCF.Cl.Cl. The van der Waals surface area contributed by atoms with Crippen molar-refractivity contribution in [2.45, 2.75) is 0 Å². The molecule has 0 unspecified atom stereocenters. The molecule has 0 rings (SSSR count). The lowest BCUT2D eigenvalue weighted by atomic mass is 10.5. The van der Waals surface area contributed by atoms with E-state index in [2.05, 4.69) is 0 Å². The van der Waals surface area contributed by atoms with Crippen molar-refractivity contribution in [2.75, 3.05) is 33.4 Å². The van der Waals surface area contributed by atoms with E-state index in [0.29, 0.717) is 13.1 Å². The average molecular weight is 193 g/mol. The van der Waals surface area contributed by atoms with Crippen molar-refractivity contribution in [3.05, 3.63) is 0 Å². The molecule has 0 aliphatic rings. The van der Waals surface area contributed by atoms with Gasteiger partial charge in [-0.25, -0.2) is 4.39 Å². The van der Waals surface area contributed by atoms with Crippen LogP contribution < -0.4 is 5.73 Å². The maximum atomic E-state index is 11.5. The van der Waals surface area contributed by atoms with Crippen LogP contribution in [-0.2, 0) is 0 Å². The Morgan fingerprint density at radius 2 is 1.80 bits per heavy atom. The van der Waals surface area contributed by atoms with Gasteiger partial charge in [0.15, 0.2) is 0 Å². The lowest BCUT2D eigenvalue weighted by Crippen LogP contribution is -2.27. The second-order valence-electron chi connectivity index (χ2n) is 1.78. The van der Waals surface area contributed by atoms with E-state index in [-0.39, 0.29) is 31.5 Å². The van der Waals surface area contributed by atoms with Crippen molar-refractivity contribution in [1.82, 2.24) is 4.90 Å². The molecular weight excluding hydrogens is 178 g/mol. The summed E-state index contributed by atoms with van der Waals surface area (Å²) in [5.74, 6) is 0. The van der Waals surface area contributed by atoms with E-state index in [0.717, 1.165) is 6.54 Å². The number of likely N-dealkylation sites (N-methyl/N-ethyl adjacent to an activating group) is 1. The first kappa shape index (κ1) is 16.8. The van der Waals surface area contributed by atoms with Crippen LogP contribution in [0, 0.1) is 0 Å². The maximum absolute atomic E-state index is 11.5. The van der Waals surface area contributed by atoms with Crippen LogP contribution in [0.5, 0.6) is 0 Å². The number of rotatable bonds is 4. The van der Waals surface area contributed by atoms with Gasteiger partial charge in [0, 0.05) is 19.6 Å². The number of alkyl halides is 1. The number of hydrogen-bond acceptors (Lipinski definition) is 2. The highest BCUT2D eigenvalue weighted by atomic mass is 35.5. The van der Waals surface area contributed by atoms with Gasteiger partial charge in [0.2, 0.25) is 0 Å². The predicted molar refractivity (Wildman–Crippen MR) is 47.0 cm³/mol. The molecule has 0 aromatic rings. The molecule has 0 amide bonds. The Morgan fingerprint density at radius 3 is 2.10 bits per heavy atom. The fraction of sp³-hybridized carbons (Fsp3) is 1.00. The molecule has 0 aliphatic carbocycles. The molecule has 0 bridgehead atoms. The Bertz CT molecular complexity index is 50.9. The summed E-state index contributed by atoms with van der Waals surface area (Å²) in [7, 11) is 1.85. The van der Waals surface area contributed by atoms with Crippen LogP contribution in [0.1, 0.15) is 0 Å². The first-order chi connectivity index (χ1) is 3.81. The fourth-order valence-electron chi connectivity index (χ4n) is 0.476. The van der Waals surface area contributed by atoms with Crippen LogP contribution in [0.3, 0.4) is 0 Å². The summed E-state index contributed by atoms with van der Waals surface area (Å²) in [6.07, 6.45) is 0. The van der Waals surface area contributed by atoms with E-state index in [1.54, 1.807) is 0 Å². The summed E-state index contributed by atoms with van der Waals surface area (Å²) in [6.45, 7) is 1.61. The van der Waals surface area contributed by atoms with Gasteiger partial charge < -0.3 is 10.6 Å². The first-order valence-electron chi connectivity index (χ1n) is 2.76. The summed E-state index contributed by atoms with van der Waals surface area (Å²) in [4.78, 5) is 1.86. The van der Waals surface area contributed by atoms with Gasteiger partial charge in [0.1, 0.15) is 6.67 Å². The van der Waals surface area contributed by atoms with Crippen LogP contribution in [0.4, 0.5) is 4.39 Å². The minimum absolute atomic E-state index is 0. The smallest absolute Gasteiger partial charge is 0.102 e. The normalized spacial score (nSPS) is 8.40. The summed E-state index contributed by atoms with van der Waals surface area (Å²) < 4.78 is 11.5. The van der Waals surface area contributed by atoms with Crippen LogP contribution in [0.2, 0.25) is 0 Å². The Morgan fingerprint density at radius 1 is 1.30 bits per heavy atom. The molecule has 0 saturated carbocycles. The quantitative estimate of drug-likeness (QED) is 0.711. The highest BCUT2D eigenvalue weighted by Gasteiger charge is 1.92. The van der Waals surface area contributed by atoms with Gasteiger partial charge in [-0.2, -0.15) is 0 Å². The molecule has 10 heavy (non-hydrogen) atoms. The Kier molecular flexibility index (Phi) is 20.4. The van der Waals surface area contributed by atoms with Gasteiger partial charge in [-0.05, 0) is 7.05 Å². The third-order valence-electron chi connectivity index (χ3n) is 0.977. The van der Waals surface area contributed by atoms with Gasteiger partial charge in [0.05, 0.1) is 0 Å². The molecule has 0 saturated heterocycles. The van der Waals surface area contributed by atoms with E-state index in [1.165, 1.54) is 0 Å². The zero-order chi connectivity index (χ0) is 6.41. The highest BCUT2D eigenvalue weighted by Crippen LogP contribution is 1.78. The van der Waals surface area contributed by atoms with Gasteiger partial charge in [-0.15, -0.1) is 24.8 Å². The second kappa shape index (κ2) is 12.1. The summed E-state index contributed by atoms with van der Waals surface area (Å²) in [5, 5.41) is 0. The van der Waals surface area contributed by atoms with Crippen molar-refractivity contribution in [1.29, 1.82) is 0 Å². The molecule has 0 aromatic heterocycles. The third-order valence-corrected chi connectivity index (χ3v) is 0.977. The number of nitrogens with zero attached hydrogens (tertiary/aromatic N) is 1. The third kappa shape index (κ3) is 11.3. The van der Waals surface area contributed by atoms with Crippen molar-refractivity contribution in [3.8, 4) is 0 Å². The molecule has 0 fully saturated rings. The standard InChI is InChI=1S/C5H13FN2.2ClH/c1-8(4-2-6)5-3-7;;/h2-5,7H2,1H3;2*1H. The van der Waals surface area contributed by atoms with Crippen molar-refractivity contribution >= 4 is 24.8 Å². The van der Waals surface area contributed by atoms with E-state index >= 15 is 0 Å². The number of hydrogen-bond donors (Lipinski definition) is 1. The van der Waals surface area contributed by atoms with E-state index < -0.39 is 0 Å². The maximum Gasteiger partial charge on any atom is 0.102 e. The van der Waals surface area contributed by atoms with Crippen LogP contribution in [0.15, 0.2) is 0 Å².